The predicted octanol–water partition coefficient (Wildman–Crippen LogP) is 2.31. The Labute approximate surface area is 123 Å². The van der Waals surface area contributed by atoms with Gasteiger partial charge in [-0.05, 0) is 31.2 Å². The lowest BCUT2D eigenvalue weighted by Crippen LogP contribution is -2.33. The topological polar surface area (TPSA) is 54.4 Å². The first-order chi connectivity index (χ1) is 10.2. The molecule has 0 aliphatic rings. The van der Waals surface area contributed by atoms with E-state index in [4.69, 9.17) is 4.74 Å². The molecule has 0 fully saturated rings. The number of benzene rings is 1. The van der Waals surface area contributed by atoms with Gasteiger partial charge in [-0.2, -0.15) is 0 Å². The Kier molecular flexibility index (Phi) is 5.66. The smallest absolute Gasteiger partial charge is 0.165 e. The van der Waals surface area contributed by atoms with Gasteiger partial charge in [-0.15, -0.1) is 0 Å². The number of para-hydroxylation sites is 1. The van der Waals surface area contributed by atoms with E-state index in [0.717, 1.165) is 5.69 Å². The molecule has 0 saturated heterocycles. The van der Waals surface area contributed by atoms with Gasteiger partial charge in [0.1, 0.15) is 12.7 Å². The van der Waals surface area contributed by atoms with Gasteiger partial charge >= 0.3 is 0 Å². The summed E-state index contributed by atoms with van der Waals surface area (Å²) in [6.45, 7) is 2.34. The van der Waals surface area contributed by atoms with E-state index in [9.17, 15) is 9.50 Å². The van der Waals surface area contributed by atoms with Crippen LogP contribution in [0.25, 0.3) is 0 Å². The lowest BCUT2D eigenvalue weighted by molar-refractivity contribution is 0.102. The summed E-state index contributed by atoms with van der Waals surface area (Å²) in [6.07, 6.45) is 1.00. The van der Waals surface area contributed by atoms with Gasteiger partial charge in [0.2, 0.25) is 0 Å². The van der Waals surface area contributed by atoms with Crippen molar-refractivity contribution in [2.45, 2.75) is 19.1 Å². The van der Waals surface area contributed by atoms with E-state index in [-0.39, 0.29) is 18.4 Å². The zero-order valence-corrected chi connectivity index (χ0v) is 11.9. The zero-order valence-electron chi connectivity index (χ0n) is 11.9. The van der Waals surface area contributed by atoms with E-state index >= 15 is 0 Å². The number of aliphatic hydroxyl groups excluding tert-OH is 1. The Morgan fingerprint density at radius 2 is 2.00 bits per heavy atom. The maximum absolute atomic E-state index is 13.3. The summed E-state index contributed by atoms with van der Waals surface area (Å²) in [5.74, 6) is -0.283. The number of hydrogen-bond donors (Lipinski definition) is 2. The monoisotopic (exact) mass is 290 g/mol. The van der Waals surface area contributed by atoms with Crippen LogP contribution in [0.3, 0.4) is 0 Å². The SMILES string of the molecule is CC(NCC(O)COc1ccccc1F)c1ccccn1. The van der Waals surface area contributed by atoms with E-state index < -0.39 is 11.9 Å². The van der Waals surface area contributed by atoms with E-state index in [2.05, 4.69) is 10.3 Å². The standard InChI is InChI=1S/C16H19FN2O2/c1-12(15-7-4-5-9-18-15)19-10-13(20)11-21-16-8-3-2-6-14(16)17/h2-9,12-13,19-20H,10-11H2,1H3. The van der Waals surface area contributed by atoms with E-state index in [1.165, 1.54) is 12.1 Å². The molecule has 0 bridgehead atoms. The van der Waals surface area contributed by atoms with Crippen molar-refractivity contribution in [2.75, 3.05) is 13.2 Å². The Morgan fingerprint density at radius 3 is 2.71 bits per heavy atom. The van der Waals surface area contributed by atoms with Crippen LogP contribution in [0.15, 0.2) is 48.7 Å². The summed E-state index contributed by atoms with van der Waals surface area (Å²) in [6, 6.07) is 11.8. The molecule has 1 aromatic heterocycles. The molecule has 0 spiro atoms. The first kappa shape index (κ1) is 15.4. The van der Waals surface area contributed by atoms with Gasteiger partial charge in [0.15, 0.2) is 11.6 Å². The average Bonchev–Trinajstić information content (AvgIpc) is 2.52. The molecule has 5 heteroatoms. The molecule has 2 N–H and O–H groups in total. The molecule has 2 atom stereocenters. The highest BCUT2D eigenvalue weighted by Gasteiger charge is 2.11. The third kappa shape index (κ3) is 4.81. The van der Waals surface area contributed by atoms with Gasteiger partial charge in [-0.3, -0.25) is 4.98 Å². The molecule has 1 aromatic carbocycles. The van der Waals surface area contributed by atoms with Crippen LogP contribution in [0.1, 0.15) is 18.7 Å². The molecule has 0 aliphatic carbocycles. The van der Waals surface area contributed by atoms with Crippen LogP contribution in [0.4, 0.5) is 4.39 Å². The second-order valence-corrected chi connectivity index (χ2v) is 4.78. The third-order valence-electron chi connectivity index (χ3n) is 3.06. The molecule has 0 amide bonds. The van der Waals surface area contributed by atoms with Gasteiger partial charge in [0.05, 0.1) is 5.69 Å². The minimum atomic E-state index is -0.726. The highest BCUT2D eigenvalue weighted by molar-refractivity contribution is 5.23. The number of nitrogens with zero attached hydrogens (tertiary/aromatic N) is 1. The Balaban J connectivity index is 1.75. The normalized spacial score (nSPS) is 13.7. The fourth-order valence-electron chi connectivity index (χ4n) is 1.86. The van der Waals surface area contributed by atoms with Crippen molar-refractivity contribution >= 4 is 0 Å². The molecular weight excluding hydrogens is 271 g/mol. The van der Waals surface area contributed by atoms with Crippen LogP contribution >= 0.6 is 0 Å². The van der Waals surface area contributed by atoms with Crippen molar-refractivity contribution in [1.29, 1.82) is 0 Å². The molecular formula is C16H19FN2O2. The van der Waals surface area contributed by atoms with Gasteiger partial charge in [-0.1, -0.05) is 18.2 Å². The molecule has 2 unspecified atom stereocenters. The van der Waals surface area contributed by atoms with Crippen LogP contribution in [0.5, 0.6) is 5.75 Å². The Hall–Kier alpha value is -1.98. The lowest BCUT2D eigenvalue weighted by atomic mass is 10.2. The fraction of sp³-hybridized carbons (Fsp3) is 0.312. The number of hydrogen-bond acceptors (Lipinski definition) is 4. The Morgan fingerprint density at radius 1 is 1.24 bits per heavy atom. The van der Waals surface area contributed by atoms with Crippen LogP contribution < -0.4 is 10.1 Å². The van der Waals surface area contributed by atoms with Crippen LogP contribution in [-0.4, -0.2) is 29.3 Å². The lowest BCUT2D eigenvalue weighted by Gasteiger charge is -2.17. The minimum absolute atomic E-state index is 0.0225. The average molecular weight is 290 g/mol. The molecule has 21 heavy (non-hydrogen) atoms. The zero-order chi connectivity index (χ0) is 15.1. The fourth-order valence-corrected chi connectivity index (χ4v) is 1.86. The predicted molar refractivity (Wildman–Crippen MR) is 78.6 cm³/mol. The second-order valence-electron chi connectivity index (χ2n) is 4.78. The first-order valence-electron chi connectivity index (χ1n) is 6.86. The molecule has 4 nitrogen and oxygen atoms in total. The molecule has 0 saturated carbocycles. The number of rotatable bonds is 7. The largest absolute Gasteiger partial charge is 0.488 e. The summed E-state index contributed by atoms with van der Waals surface area (Å²) >= 11 is 0. The molecule has 2 aromatic rings. The van der Waals surface area contributed by atoms with Crippen molar-refractivity contribution in [2.24, 2.45) is 0 Å². The van der Waals surface area contributed by atoms with Crippen molar-refractivity contribution < 1.29 is 14.2 Å². The maximum atomic E-state index is 13.3. The van der Waals surface area contributed by atoms with Gasteiger partial charge in [0, 0.05) is 18.8 Å². The number of halogens is 1. The molecule has 2 rings (SSSR count). The number of aliphatic hydroxyl groups is 1. The number of aromatic nitrogens is 1. The molecule has 0 aliphatic heterocycles. The van der Waals surface area contributed by atoms with Crippen LogP contribution in [0.2, 0.25) is 0 Å². The Bertz CT molecular complexity index is 551. The van der Waals surface area contributed by atoms with E-state index in [1.54, 1.807) is 18.3 Å². The van der Waals surface area contributed by atoms with Crippen molar-refractivity contribution in [1.82, 2.24) is 10.3 Å². The molecule has 1 heterocycles. The summed E-state index contributed by atoms with van der Waals surface area (Å²) in [7, 11) is 0. The molecule has 0 radical (unpaired) electrons. The van der Waals surface area contributed by atoms with Crippen molar-refractivity contribution in [3.05, 3.63) is 60.2 Å². The summed E-state index contributed by atoms with van der Waals surface area (Å²) in [5, 5.41) is 13.0. The van der Waals surface area contributed by atoms with Gasteiger partial charge in [-0.25, -0.2) is 4.39 Å². The summed E-state index contributed by atoms with van der Waals surface area (Å²) in [4.78, 5) is 4.24. The van der Waals surface area contributed by atoms with Gasteiger partial charge in [0.25, 0.3) is 0 Å². The molecule has 112 valence electrons. The van der Waals surface area contributed by atoms with Crippen molar-refractivity contribution in [3.63, 3.8) is 0 Å². The summed E-state index contributed by atoms with van der Waals surface area (Å²) < 4.78 is 18.6. The minimum Gasteiger partial charge on any atom is -0.488 e. The maximum Gasteiger partial charge on any atom is 0.165 e. The van der Waals surface area contributed by atoms with Crippen LogP contribution in [0, 0.1) is 5.82 Å². The first-order valence-corrected chi connectivity index (χ1v) is 6.86. The number of nitrogens with one attached hydrogen (secondary N) is 1. The van der Waals surface area contributed by atoms with Crippen molar-refractivity contribution in [3.8, 4) is 5.75 Å². The highest BCUT2D eigenvalue weighted by atomic mass is 19.1. The van der Waals surface area contributed by atoms with Crippen LogP contribution in [-0.2, 0) is 0 Å². The number of pyridine rings is 1. The highest BCUT2D eigenvalue weighted by Crippen LogP contribution is 2.15. The van der Waals surface area contributed by atoms with Gasteiger partial charge < -0.3 is 15.2 Å². The van der Waals surface area contributed by atoms with E-state index in [1.807, 2.05) is 25.1 Å². The quantitative estimate of drug-likeness (QED) is 0.821. The van der Waals surface area contributed by atoms with E-state index in [0.29, 0.717) is 6.54 Å². The second kappa shape index (κ2) is 7.71. The number of ether oxygens (including phenoxy) is 1. The summed E-state index contributed by atoms with van der Waals surface area (Å²) in [5.41, 5.74) is 0.903. The third-order valence-corrected chi connectivity index (χ3v) is 3.06.